The van der Waals surface area contributed by atoms with Crippen molar-refractivity contribution in [2.75, 3.05) is 6.61 Å². The number of hydrogen-bond acceptors (Lipinski definition) is 2. The summed E-state index contributed by atoms with van der Waals surface area (Å²) >= 11 is 4.01. The van der Waals surface area contributed by atoms with Crippen LogP contribution in [0, 0.1) is 0 Å². The van der Waals surface area contributed by atoms with E-state index in [1.807, 2.05) is 44.2 Å². The molecule has 0 aliphatic carbocycles. The van der Waals surface area contributed by atoms with E-state index < -0.39 is 0 Å². The normalized spacial score (nSPS) is 10.8. The molecule has 0 spiro atoms. The van der Waals surface area contributed by atoms with E-state index in [4.69, 9.17) is 4.74 Å². The van der Waals surface area contributed by atoms with Crippen LogP contribution in [0.2, 0.25) is 0 Å². The Morgan fingerprint density at radius 1 is 1.11 bits per heavy atom. The van der Waals surface area contributed by atoms with Crippen LogP contribution in [0.25, 0.3) is 0 Å². The second kappa shape index (κ2) is 14.4. The Kier molecular flexibility index (Phi) is 14.9. The topological polar surface area (TPSA) is 9.23 Å². The summed E-state index contributed by atoms with van der Waals surface area (Å²) in [7, 11) is 0. The fraction of sp³-hybridized carbons (Fsp3) is 0.176. The summed E-state index contributed by atoms with van der Waals surface area (Å²) in [5.41, 5.74) is 1.06. The SMILES string of the molecule is C=C/C=C\C(=C)C.C=C/C=C\C(=C/C)OCC(=C)S. The van der Waals surface area contributed by atoms with Gasteiger partial charge in [-0.3, -0.25) is 0 Å². The van der Waals surface area contributed by atoms with Gasteiger partial charge in [-0.2, -0.15) is 0 Å². The molecular weight excluding hydrogens is 252 g/mol. The standard InChI is InChI=1S/C10H14OS.C7H10/c1-4-6-7-10(5-2)11-8-9(3)12;1-4-5-6-7(2)3/h4-7,12H,1,3,8H2,2H3;4-6H,1-2H2,3H3/b7-6-,10-5+;6-5-. The zero-order valence-corrected chi connectivity index (χ0v) is 12.8. The molecule has 0 saturated heterocycles. The third-order valence-corrected chi connectivity index (χ3v) is 1.73. The first kappa shape index (κ1) is 19.7. The molecule has 0 amide bonds. The van der Waals surface area contributed by atoms with Crippen LogP contribution in [0.15, 0.2) is 85.1 Å². The Hall–Kier alpha value is -1.67. The minimum atomic E-state index is 0.435. The highest BCUT2D eigenvalue weighted by Gasteiger charge is 1.90. The molecule has 0 bridgehead atoms. The molecule has 19 heavy (non-hydrogen) atoms. The van der Waals surface area contributed by atoms with E-state index >= 15 is 0 Å². The molecule has 0 saturated carbocycles. The molecular formula is C17H24OS. The first-order chi connectivity index (χ1) is 8.97. The minimum Gasteiger partial charge on any atom is -0.489 e. The molecule has 0 aliphatic rings. The second-order valence-electron chi connectivity index (χ2n) is 3.58. The summed E-state index contributed by atoms with van der Waals surface area (Å²) in [6, 6.07) is 0. The molecule has 1 nitrogen and oxygen atoms in total. The van der Waals surface area contributed by atoms with Crippen molar-refractivity contribution in [1.82, 2.24) is 0 Å². The number of ether oxygens (including phenoxy) is 1. The number of rotatable bonds is 7. The van der Waals surface area contributed by atoms with E-state index in [1.54, 1.807) is 12.2 Å². The Morgan fingerprint density at radius 3 is 1.95 bits per heavy atom. The van der Waals surface area contributed by atoms with E-state index in [9.17, 15) is 0 Å². The van der Waals surface area contributed by atoms with Gasteiger partial charge < -0.3 is 4.74 Å². The fourth-order valence-corrected chi connectivity index (χ4v) is 0.854. The molecule has 104 valence electrons. The van der Waals surface area contributed by atoms with Gasteiger partial charge in [0.2, 0.25) is 0 Å². The Morgan fingerprint density at radius 2 is 1.63 bits per heavy atom. The number of allylic oxidation sites excluding steroid dienone is 8. The zero-order chi connectivity index (χ0) is 15.1. The first-order valence-corrected chi connectivity index (χ1v) is 6.32. The van der Waals surface area contributed by atoms with Gasteiger partial charge >= 0.3 is 0 Å². The Balaban J connectivity index is 0. The molecule has 0 aromatic rings. The highest BCUT2D eigenvalue weighted by atomic mass is 32.1. The van der Waals surface area contributed by atoms with Crippen LogP contribution < -0.4 is 0 Å². The molecule has 0 N–H and O–H groups in total. The molecule has 0 atom stereocenters. The van der Waals surface area contributed by atoms with Gasteiger partial charge in [0.15, 0.2) is 0 Å². The van der Waals surface area contributed by atoms with Crippen molar-refractivity contribution in [2.45, 2.75) is 13.8 Å². The van der Waals surface area contributed by atoms with E-state index in [0.717, 1.165) is 11.3 Å². The Labute approximate surface area is 123 Å². The van der Waals surface area contributed by atoms with Crippen molar-refractivity contribution in [1.29, 1.82) is 0 Å². The highest BCUT2D eigenvalue weighted by molar-refractivity contribution is 7.84. The van der Waals surface area contributed by atoms with Crippen molar-refractivity contribution >= 4 is 12.6 Å². The fourth-order valence-electron chi connectivity index (χ4n) is 0.789. The summed E-state index contributed by atoms with van der Waals surface area (Å²) < 4.78 is 5.31. The largest absolute Gasteiger partial charge is 0.489 e. The summed E-state index contributed by atoms with van der Waals surface area (Å²) in [4.78, 5) is 0.710. The van der Waals surface area contributed by atoms with E-state index in [0.29, 0.717) is 11.5 Å². The quantitative estimate of drug-likeness (QED) is 0.372. The molecule has 0 aliphatic heterocycles. The number of thiol groups is 1. The summed E-state index contributed by atoms with van der Waals surface area (Å²) in [6.07, 6.45) is 12.7. The molecule has 2 heteroatoms. The van der Waals surface area contributed by atoms with Gasteiger partial charge in [-0.15, -0.1) is 12.6 Å². The summed E-state index contributed by atoms with van der Waals surface area (Å²) in [5, 5.41) is 0. The van der Waals surface area contributed by atoms with Crippen molar-refractivity contribution in [3.63, 3.8) is 0 Å². The average Bonchev–Trinajstić information content (AvgIpc) is 2.37. The lowest BCUT2D eigenvalue weighted by Gasteiger charge is -2.04. The van der Waals surface area contributed by atoms with Crippen molar-refractivity contribution in [3.8, 4) is 0 Å². The lowest BCUT2D eigenvalue weighted by atomic mass is 10.3. The minimum absolute atomic E-state index is 0.435. The first-order valence-electron chi connectivity index (χ1n) is 5.87. The van der Waals surface area contributed by atoms with Gasteiger partial charge in [0, 0.05) is 4.91 Å². The highest BCUT2D eigenvalue weighted by Crippen LogP contribution is 2.04. The smallest absolute Gasteiger partial charge is 0.118 e. The second-order valence-corrected chi connectivity index (χ2v) is 4.21. The van der Waals surface area contributed by atoms with E-state index in [-0.39, 0.29) is 0 Å². The van der Waals surface area contributed by atoms with Crippen LogP contribution in [0.4, 0.5) is 0 Å². The lowest BCUT2D eigenvalue weighted by Crippen LogP contribution is -1.91. The van der Waals surface area contributed by atoms with Gasteiger partial charge in [-0.25, -0.2) is 0 Å². The van der Waals surface area contributed by atoms with Crippen LogP contribution in [0.3, 0.4) is 0 Å². The molecule has 0 aromatic heterocycles. The van der Waals surface area contributed by atoms with E-state index in [1.165, 1.54) is 0 Å². The third-order valence-electron chi connectivity index (χ3n) is 1.60. The van der Waals surface area contributed by atoms with E-state index in [2.05, 4.69) is 38.9 Å². The summed E-state index contributed by atoms with van der Waals surface area (Å²) in [5.74, 6) is 0.796. The summed E-state index contributed by atoms with van der Waals surface area (Å²) in [6.45, 7) is 18.6. The molecule has 0 aromatic carbocycles. The van der Waals surface area contributed by atoms with Crippen LogP contribution in [0.5, 0.6) is 0 Å². The maximum atomic E-state index is 5.31. The van der Waals surface area contributed by atoms with Crippen molar-refractivity contribution < 1.29 is 4.74 Å². The van der Waals surface area contributed by atoms with Crippen LogP contribution in [-0.4, -0.2) is 6.61 Å². The van der Waals surface area contributed by atoms with Gasteiger partial charge in [0.1, 0.15) is 12.4 Å². The molecule has 0 radical (unpaired) electrons. The average molecular weight is 276 g/mol. The maximum Gasteiger partial charge on any atom is 0.118 e. The van der Waals surface area contributed by atoms with Crippen LogP contribution >= 0.6 is 12.6 Å². The van der Waals surface area contributed by atoms with Gasteiger partial charge in [-0.05, 0) is 26.0 Å². The van der Waals surface area contributed by atoms with Gasteiger partial charge in [0.05, 0.1) is 0 Å². The monoisotopic (exact) mass is 276 g/mol. The van der Waals surface area contributed by atoms with Crippen molar-refractivity contribution in [3.05, 3.63) is 85.1 Å². The molecule has 0 heterocycles. The molecule has 0 fully saturated rings. The Bertz CT molecular complexity index is 384. The lowest BCUT2D eigenvalue weighted by molar-refractivity contribution is 0.259. The third kappa shape index (κ3) is 18.9. The van der Waals surface area contributed by atoms with Gasteiger partial charge in [-0.1, -0.05) is 62.3 Å². The van der Waals surface area contributed by atoms with Crippen LogP contribution in [-0.2, 0) is 4.74 Å². The van der Waals surface area contributed by atoms with Crippen LogP contribution in [0.1, 0.15) is 13.8 Å². The maximum absolute atomic E-state index is 5.31. The van der Waals surface area contributed by atoms with Gasteiger partial charge in [0.25, 0.3) is 0 Å². The number of hydrogen-bond donors (Lipinski definition) is 1. The predicted octanol–water partition coefficient (Wildman–Crippen LogP) is 5.40. The zero-order valence-electron chi connectivity index (χ0n) is 11.9. The molecule has 0 unspecified atom stereocenters. The predicted molar refractivity (Wildman–Crippen MR) is 91.3 cm³/mol. The van der Waals surface area contributed by atoms with Crippen molar-refractivity contribution in [2.24, 2.45) is 0 Å². The molecule has 0 rings (SSSR count).